The first kappa shape index (κ1) is 12.9. The van der Waals surface area contributed by atoms with E-state index in [0.29, 0.717) is 6.42 Å². The third-order valence-electron chi connectivity index (χ3n) is 2.28. The summed E-state index contributed by atoms with van der Waals surface area (Å²) in [6.07, 6.45) is -0.381. The molecule has 0 aliphatic carbocycles. The van der Waals surface area contributed by atoms with E-state index in [-0.39, 0.29) is 6.61 Å². The van der Waals surface area contributed by atoms with Crippen LogP contribution in [0.1, 0.15) is 13.3 Å². The maximum Gasteiger partial charge on any atom is 0.190 e. The van der Waals surface area contributed by atoms with Crippen molar-refractivity contribution >= 4 is 0 Å². The minimum atomic E-state index is -0.941. The zero-order chi connectivity index (χ0) is 12.1. The number of aliphatic hydroxyl groups excluding tert-OH is 1. The van der Waals surface area contributed by atoms with Crippen LogP contribution in [-0.4, -0.2) is 23.9 Å². The minimum Gasteiger partial charge on any atom is -0.485 e. The Morgan fingerprint density at radius 3 is 2.44 bits per heavy atom. The second-order valence-electron chi connectivity index (χ2n) is 3.50. The van der Waals surface area contributed by atoms with Crippen molar-refractivity contribution in [3.63, 3.8) is 0 Å². The van der Waals surface area contributed by atoms with Crippen molar-refractivity contribution in [3.05, 3.63) is 29.8 Å². The summed E-state index contributed by atoms with van der Waals surface area (Å²) in [5, 5.41) is 9.47. The lowest BCUT2D eigenvalue weighted by molar-refractivity contribution is 0.0801. The Morgan fingerprint density at radius 1 is 1.38 bits per heavy atom. The van der Waals surface area contributed by atoms with E-state index in [4.69, 9.17) is 10.5 Å². The van der Waals surface area contributed by atoms with Crippen LogP contribution in [0.4, 0.5) is 8.78 Å². The fourth-order valence-electron chi connectivity index (χ4n) is 1.18. The third kappa shape index (κ3) is 3.15. The van der Waals surface area contributed by atoms with Gasteiger partial charge in [0.05, 0.1) is 0 Å². The molecule has 0 saturated heterocycles. The summed E-state index contributed by atoms with van der Waals surface area (Å²) in [5.74, 6) is -2.07. The van der Waals surface area contributed by atoms with Crippen LogP contribution in [0.5, 0.6) is 5.75 Å². The van der Waals surface area contributed by atoms with E-state index in [9.17, 15) is 13.9 Å². The molecule has 1 rings (SSSR count). The quantitative estimate of drug-likeness (QED) is 0.806. The molecule has 1 aromatic rings. The van der Waals surface area contributed by atoms with Gasteiger partial charge in [0.2, 0.25) is 0 Å². The van der Waals surface area contributed by atoms with Gasteiger partial charge in [0.1, 0.15) is 12.7 Å². The number of benzene rings is 1. The highest BCUT2D eigenvalue weighted by atomic mass is 19.1. The average molecular weight is 231 g/mol. The number of ether oxygens (including phenoxy) is 1. The minimum absolute atomic E-state index is 0.229. The molecule has 0 aromatic heterocycles. The van der Waals surface area contributed by atoms with Crippen LogP contribution in [-0.2, 0) is 0 Å². The molecule has 16 heavy (non-hydrogen) atoms. The van der Waals surface area contributed by atoms with Crippen molar-refractivity contribution in [2.24, 2.45) is 5.73 Å². The summed E-state index contributed by atoms with van der Waals surface area (Å²) in [7, 11) is 0. The normalized spacial score (nSPS) is 14.6. The van der Waals surface area contributed by atoms with Gasteiger partial charge in [-0.3, -0.25) is 0 Å². The molecule has 0 bridgehead atoms. The molecule has 0 saturated carbocycles. The largest absolute Gasteiger partial charge is 0.485 e. The predicted octanol–water partition coefficient (Wildman–Crippen LogP) is 1.44. The van der Waals surface area contributed by atoms with Crippen LogP contribution in [0.2, 0.25) is 0 Å². The highest BCUT2D eigenvalue weighted by molar-refractivity contribution is 5.26. The maximum absolute atomic E-state index is 13.1. The van der Waals surface area contributed by atoms with Gasteiger partial charge in [0, 0.05) is 6.04 Å². The fraction of sp³-hybridized carbons (Fsp3) is 0.455. The first-order valence-electron chi connectivity index (χ1n) is 5.06. The molecule has 0 heterocycles. The number of hydrogen-bond acceptors (Lipinski definition) is 3. The molecule has 0 amide bonds. The predicted molar refractivity (Wildman–Crippen MR) is 56.1 cm³/mol. The lowest BCUT2D eigenvalue weighted by Crippen LogP contribution is -2.38. The SMILES string of the molecule is CC[C@H](N)C(O)COc1c(F)cccc1F. The van der Waals surface area contributed by atoms with Gasteiger partial charge >= 0.3 is 0 Å². The number of para-hydroxylation sites is 1. The van der Waals surface area contributed by atoms with Crippen LogP contribution in [0.25, 0.3) is 0 Å². The monoisotopic (exact) mass is 231 g/mol. The smallest absolute Gasteiger partial charge is 0.190 e. The van der Waals surface area contributed by atoms with Crippen molar-refractivity contribution in [1.82, 2.24) is 0 Å². The third-order valence-corrected chi connectivity index (χ3v) is 2.28. The zero-order valence-electron chi connectivity index (χ0n) is 8.99. The second-order valence-corrected chi connectivity index (χ2v) is 3.50. The molecular formula is C11H15F2NO2. The summed E-state index contributed by atoms with van der Waals surface area (Å²) in [5.41, 5.74) is 5.54. The van der Waals surface area contributed by atoms with Crippen LogP contribution >= 0.6 is 0 Å². The molecule has 3 N–H and O–H groups in total. The Kier molecular flexibility index (Phi) is 4.64. The summed E-state index contributed by atoms with van der Waals surface area (Å²) in [4.78, 5) is 0. The average Bonchev–Trinajstić information content (AvgIpc) is 2.27. The number of aliphatic hydroxyl groups is 1. The highest BCUT2D eigenvalue weighted by Crippen LogP contribution is 2.21. The van der Waals surface area contributed by atoms with Gasteiger partial charge in [0.15, 0.2) is 17.4 Å². The first-order valence-corrected chi connectivity index (χ1v) is 5.06. The molecule has 0 fully saturated rings. The van der Waals surface area contributed by atoms with Crippen molar-refractivity contribution in [2.75, 3.05) is 6.61 Å². The Balaban J connectivity index is 2.61. The molecule has 0 aliphatic rings. The number of nitrogens with two attached hydrogens (primary N) is 1. The van der Waals surface area contributed by atoms with E-state index in [1.807, 2.05) is 0 Å². The van der Waals surface area contributed by atoms with Gasteiger partial charge < -0.3 is 15.6 Å². The van der Waals surface area contributed by atoms with Crippen LogP contribution < -0.4 is 10.5 Å². The molecule has 1 unspecified atom stereocenters. The van der Waals surface area contributed by atoms with Crippen LogP contribution in [0, 0.1) is 11.6 Å². The van der Waals surface area contributed by atoms with E-state index in [1.54, 1.807) is 6.92 Å². The molecule has 90 valence electrons. The van der Waals surface area contributed by atoms with Gasteiger partial charge in [-0.2, -0.15) is 0 Å². The van der Waals surface area contributed by atoms with Crippen LogP contribution in [0.3, 0.4) is 0 Å². The summed E-state index contributed by atoms with van der Waals surface area (Å²) >= 11 is 0. The topological polar surface area (TPSA) is 55.5 Å². The van der Waals surface area contributed by atoms with Crippen molar-refractivity contribution < 1.29 is 18.6 Å². The van der Waals surface area contributed by atoms with Crippen molar-refractivity contribution in [2.45, 2.75) is 25.5 Å². The molecule has 3 nitrogen and oxygen atoms in total. The Morgan fingerprint density at radius 2 is 1.94 bits per heavy atom. The van der Waals surface area contributed by atoms with Gasteiger partial charge in [-0.1, -0.05) is 13.0 Å². The van der Waals surface area contributed by atoms with Gasteiger partial charge in [-0.25, -0.2) is 8.78 Å². The van der Waals surface area contributed by atoms with Crippen LogP contribution in [0.15, 0.2) is 18.2 Å². The van der Waals surface area contributed by atoms with Crippen molar-refractivity contribution in [3.8, 4) is 5.75 Å². The number of halogens is 2. The molecule has 0 aliphatic heterocycles. The summed E-state index contributed by atoms with van der Waals surface area (Å²) in [6, 6.07) is 2.95. The molecule has 2 atom stereocenters. The Labute approximate surface area is 92.8 Å². The molecule has 1 aromatic carbocycles. The summed E-state index contributed by atoms with van der Waals surface area (Å²) < 4.78 is 31.1. The highest BCUT2D eigenvalue weighted by Gasteiger charge is 2.16. The molecule has 0 spiro atoms. The number of hydrogen-bond donors (Lipinski definition) is 2. The Bertz CT molecular complexity index is 327. The summed E-state index contributed by atoms with van der Waals surface area (Å²) in [6.45, 7) is 1.57. The lowest BCUT2D eigenvalue weighted by Gasteiger charge is -2.17. The first-order chi connectivity index (χ1) is 7.56. The number of rotatable bonds is 5. The van der Waals surface area contributed by atoms with E-state index in [2.05, 4.69) is 0 Å². The van der Waals surface area contributed by atoms with E-state index >= 15 is 0 Å². The molecule has 0 radical (unpaired) electrons. The van der Waals surface area contributed by atoms with E-state index < -0.39 is 29.5 Å². The lowest BCUT2D eigenvalue weighted by atomic mass is 10.1. The van der Waals surface area contributed by atoms with Gasteiger partial charge in [0.25, 0.3) is 0 Å². The Hall–Kier alpha value is -1.20. The second kappa shape index (κ2) is 5.77. The zero-order valence-corrected chi connectivity index (χ0v) is 8.99. The van der Waals surface area contributed by atoms with E-state index in [0.717, 1.165) is 12.1 Å². The fourth-order valence-corrected chi connectivity index (χ4v) is 1.18. The van der Waals surface area contributed by atoms with Gasteiger partial charge in [-0.15, -0.1) is 0 Å². The molecular weight excluding hydrogens is 216 g/mol. The van der Waals surface area contributed by atoms with Crippen molar-refractivity contribution in [1.29, 1.82) is 0 Å². The maximum atomic E-state index is 13.1. The van der Waals surface area contributed by atoms with E-state index in [1.165, 1.54) is 6.07 Å². The standard InChI is InChI=1S/C11H15F2NO2/c1-2-9(14)10(15)6-16-11-7(12)4-3-5-8(11)13/h3-5,9-10,15H,2,6,14H2,1H3/t9-,10?/m0/s1. The van der Waals surface area contributed by atoms with Gasteiger partial charge in [-0.05, 0) is 18.6 Å². The molecule has 5 heteroatoms.